The van der Waals surface area contributed by atoms with Crippen LogP contribution < -0.4 is 15.6 Å². The summed E-state index contributed by atoms with van der Waals surface area (Å²) >= 11 is 0. The van der Waals surface area contributed by atoms with E-state index in [1.807, 2.05) is 0 Å². The van der Waals surface area contributed by atoms with Gasteiger partial charge < -0.3 is 20.4 Å². The van der Waals surface area contributed by atoms with Crippen molar-refractivity contribution in [1.29, 1.82) is 0 Å². The number of ketones is 1. The summed E-state index contributed by atoms with van der Waals surface area (Å²) in [5, 5.41) is 17.4. The molecule has 0 bridgehead atoms. The number of carbonyl (C=O) groups is 3. The number of methoxy groups -OCH3 is 1. The Balaban J connectivity index is 2.75. The summed E-state index contributed by atoms with van der Waals surface area (Å²) in [6, 6.07) is 4.97. The van der Waals surface area contributed by atoms with Crippen molar-refractivity contribution >= 4 is 23.4 Å². The molecule has 0 heterocycles. The third-order valence-corrected chi connectivity index (χ3v) is 2.35. The van der Waals surface area contributed by atoms with Crippen molar-refractivity contribution in [2.45, 2.75) is 12.5 Å². The lowest BCUT2D eigenvalue weighted by molar-refractivity contribution is -0.145. The number of carbonyl (C=O) groups excluding carboxylic acids is 1. The van der Waals surface area contributed by atoms with Gasteiger partial charge in [0.25, 0.3) is 0 Å². The molecule has 0 saturated carbocycles. The van der Waals surface area contributed by atoms with Gasteiger partial charge in [0, 0.05) is 0 Å². The maximum atomic E-state index is 11.5. The van der Waals surface area contributed by atoms with Crippen LogP contribution in [0, 0.1) is 0 Å². The molecule has 0 aliphatic heterocycles. The van der Waals surface area contributed by atoms with Crippen molar-refractivity contribution in [3.8, 4) is 5.75 Å². The van der Waals surface area contributed by atoms with E-state index in [1.54, 1.807) is 24.3 Å². The van der Waals surface area contributed by atoms with Gasteiger partial charge >= 0.3 is 11.9 Å². The maximum absolute atomic E-state index is 11.5. The third kappa shape index (κ3) is 4.25. The van der Waals surface area contributed by atoms with Crippen LogP contribution in [0.1, 0.15) is 6.42 Å². The first-order valence-electron chi connectivity index (χ1n) is 5.57. The third-order valence-electron chi connectivity index (χ3n) is 2.35. The fourth-order valence-electron chi connectivity index (χ4n) is 1.43. The Hall–Kier alpha value is -2.61. The lowest BCUT2D eigenvalue weighted by Crippen LogP contribution is -2.46. The molecule has 0 aliphatic rings. The minimum Gasteiger partial charge on any atom is -0.495 e. The first-order chi connectivity index (χ1) is 9.45. The van der Waals surface area contributed by atoms with E-state index >= 15 is 0 Å². The molecular formula is C12H14N2O6. The van der Waals surface area contributed by atoms with Crippen molar-refractivity contribution in [3.63, 3.8) is 0 Å². The number of hydrogen-bond donors (Lipinski definition) is 4. The summed E-state index contributed by atoms with van der Waals surface area (Å²) in [7, 11) is 1.44. The van der Waals surface area contributed by atoms with Gasteiger partial charge in [-0.1, -0.05) is 12.1 Å². The van der Waals surface area contributed by atoms with E-state index < -0.39 is 30.2 Å². The van der Waals surface area contributed by atoms with Crippen molar-refractivity contribution in [2.75, 3.05) is 12.5 Å². The number of hydrogen-bond acceptors (Lipinski definition) is 6. The molecule has 8 nitrogen and oxygen atoms in total. The van der Waals surface area contributed by atoms with Gasteiger partial charge in [0.1, 0.15) is 12.2 Å². The molecule has 8 heteroatoms. The Morgan fingerprint density at radius 2 is 1.90 bits per heavy atom. The van der Waals surface area contributed by atoms with Crippen molar-refractivity contribution in [2.24, 2.45) is 0 Å². The van der Waals surface area contributed by atoms with Gasteiger partial charge in [-0.3, -0.25) is 9.59 Å². The molecule has 1 atom stereocenters. The second-order valence-electron chi connectivity index (χ2n) is 3.78. The molecule has 0 amide bonds. The Morgan fingerprint density at radius 3 is 2.45 bits per heavy atom. The van der Waals surface area contributed by atoms with Gasteiger partial charge in [-0.05, 0) is 12.1 Å². The number of carboxylic acid groups (broad SMARTS) is 2. The zero-order chi connectivity index (χ0) is 15.1. The van der Waals surface area contributed by atoms with E-state index in [1.165, 1.54) is 7.11 Å². The Kier molecular flexibility index (Phi) is 5.48. The van der Waals surface area contributed by atoms with Gasteiger partial charge in [0.15, 0.2) is 11.8 Å². The molecule has 1 rings (SSSR count). The summed E-state index contributed by atoms with van der Waals surface area (Å²) in [6.07, 6.45) is -0.877. The molecule has 1 unspecified atom stereocenters. The van der Waals surface area contributed by atoms with Crippen LogP contribution in [-0.4, -0.2) is 41.1 Å². The smallest absolute Gasteiger partial charge is 0.330 e. The van der Waals surface area contributed by atoms with Crippen LogP contribution in [0.5, 0.6) is 5.75 Å². The summed E-state index contributed by atoms with van der Waals surface area (Å²) in [5.41, 5.74) is 5.22. The summed E-state index contributed by atoms with van der Waals surface area (Å²) in [5.74, 6) is -3.39. The SMILES string of the molecule is COc1ccccc1NNC(C(=O)O)C(=O)CC(=O)O. The normalized spacial score (nSPS) is 11.4. The lowest BCUT2D eigenvalue weighted by atomic mass is 10.1. The molecule has 1 aromatic rings. The number of Topliss-reactive ketones (excluding diaryl/α,β-unsaturated/α-hetero) is 1. The summed E-state index contributed by atoms with van der Waals surface area (Å²) in [4.78, 5) is 32.9. The number of rotatable bonds is 8. The molecule has 108 valence electrons. The standard InChI is InChI=1S/C12H14N2O6/c1-20-9-5-3-2-4-7(9)13-14-11(12(18)19)8(15)6-10(16)17/h2-5,11,13-14H,6H2,1H3,(H,16,17)(H,18,19). The van der Waals surface area contributed by atoms with Gasteiger partial charge in [-0.25, -0.2) is 10.2 Å². The number of carboxylic acids is 2. The number of hydrazine groups is 1. The molecule has 1 aromatic carbocycles. The highest BCUT2D eigenvalue weighted by Gasteiger charge is 2.27. The second-order valence-corrected chi connectivity index (χ2v) is 3.78. The molecule has 0 spiro atoms. The monoisotopic (exact) mass is 282 g/mol. The Morgan fingerprint density at radius 1 is 1.25 bits per heavy atom. The molecule has 0 radical (unpaired) electrons. The molecule has 0 fully saturated rings. The molecule has 0 saturated heterocycles. The highest BCUT2D eigenvalue weighted by molar-refractivity contribution is 6.08. The van der Waals surface area contributed by atoms with Crippen LogP contribution in [0.2, 0.25) is 0 Å². The second kappa shape index (κ2) is 7.10. The number of aliphatic carboxylic acids is 2. The summed E-state index contributed by atoms with van der Waals surface area (Å²) in [6.45, 7) is 0. The zero-order valence-corrected chi connectivity index (χ0v) is 10.6. The fraction of sp³-hybridized carbons (Fsp3) is 0.250. The number of benzene rings is 1. The Bertz CT molecular complexity index is 516. The number of anilines is 1. The van der Waals surface area contributed by atoms with Gasteiger partial charge in [0.05, 0.1) is 12.8 Å². The largest absolute Gasteiger partial charge is 0.495 e. The maximum Gasteiger partial charge on any atom is 0.330 e. The zero-order valence-electron chi connectivity index (χ0n) is 10.6. The van der Waals surface area contributed by atoms with Crippen molar-refractivity contribution < 1.29 is 29.3 Å². The number of para-hydroxylation sites is 2. The predicted octanol–water partition coefficient (Wildman–Crippen LogP) is 0.109. The van der Waals surface area contributed by atoms with Crippen LogP contribution in [-0.2, 0) is 14.4 Å². The Labute approximate surface area is 114 Å². The van der Waals surface area contributed by atoms with Crippen LogP contribution in [0.4, 0.5) is 5.69 Å². The number of nitrogens with one attached hydrogen (secondary N) is 2. The highest BCUT2D eigenvalue weighted by Crippen LogP contribution is 2.22. The minimum absolute atomic E-state index is 0.421. The topological polar surface area (TPSA) is 125 Å². The van der Waals surface area contributed by atoms with Crippen molar-refractivity contribution in [3.05, 3.63) is 24.3 Å². The van der Waals surface area contributed by atoms with E-state index in [4.69, 9.17) is 14.9 Å². The molecule has 20 heavy (non-hydrogen) atoms. The quantitative estimate of drug-likeness (QED) is 0.391. The van der Waals surface area contributed by atoms with Crippen LogP contribution >= 0.6 is 0 Å². The fourth-order valence-corrected chi connectivity index (χ4v) is 1.43. The van der Waals surface area contributed by atoms with Crippen LogP contribution in [0.15, 0.2) is 24.3 Å². The van der Waals surface area contributed by atoms with E-state index in [-0.39, 0.29) is 0 Å². The van der Waals surface area contributed by atoms with Crippen LogP contribution in [0.25, 0.3) is 0 Å². The lowest BCUT2D eigenvalue weighted by Gasteiger charge is -2.16. The molecule has 0 aliphatic carbocycles. The first kappa shape index (κ1) is 15.4. The molecule has 4 N–H and O–H groups in total. The van der Waals surface area contributed by atoms with E-state index in [9.17, 15) is 14.4 Å². The van der Waals surface area contributed by atoms with Crippen molar-refractivity contribution in [1.82, 2.24) is 5.43 Å². The van der Waals surface area contributed by atoms with E-state index in [0.717, 1.165) is 0 Å². The van der Waals surface area contributed by atoms with Gasteiger partial charge in [-0.2, -0.15) is 0 Å². The van der Waals surface area contributed by atoms with Crippen LogP contribution in [0.3, 0.4) is 0 Å². The van der Waals surface area contributed by atoms with Gasteiger partial charge in [0.2, 0.25) is 0 Å². The average Bonchev–Trinajstić information content (AvgIpc) is 2.38. The molecule has 0 aromatic heterocycles. The number of ether oxygens (including phenoxy) is 1. The predicted molar refractivity (Wildman–Crippen MR) is 68.4 cm³/mol. The minimum atomic E-state index is -1.67. The van der Waals surface area contributed by atoms with Gasteiger partial charge in [-0.15, -0.1) is 0 Å². The molecular weight excluding hydrogens is 268 g/mol. The highest BCUT2D eigenvalue weighted by atomic mass is 16.5. The average molecular weight is 282 g/mol. The first-order valence-corrected chi connectivity index (χ1v) is 5.57. The van der Waals surface area contributed by atoms with E-state index in [2.05, 4.69) is 10.9 Å². The summed E-state index contributed by atoms with van der Waals surface area (Å²) < 4.78 is 5.03. The van der Waals surface area contributed by atoms with E-state index in [0.29, 0.717) is 11.4 Å².